The van der Waals surface area contributed by atoms with Crippen molar-refractivity contribution in [3.05, 3.63) is 29.2 Å². The van der Waals surface area contributed by atoms with Crippen LogP contribution in [-0.2, 0) is 6.54 Å². The number of nitrogens with zero attached hydrogens (tertiary/aromatic N) is 6. The third kappa shape index (κ3) is 3.03. The Morgan fingerprint density at radius 1 is 1.26 bits per heavy atom. The summed E-state index contributed by atoms with van der Waals surface area (Å²) in [5.74, 6) is 1.74. The molecule has 0 spiro atoms. The van der Waals surface area contributed by atoms with E-state index in [0.29, 0.717) is 24.2 Å². The Kier molecular flexibility index (Phi) is 3.90. The lowest BCUT2D eigenvalue weighted by Gasteiger charge is -2.18. The SMILES string of the molecule is Cc1nc(C2CCCCC2)sc1-c1nc(Cn2cncn2)no1. The Morgan fingerprint density at radius 3 is 2.91 bits per heavy atom. The summed E-state index contributed by atoms with van der Waals surface area (Å²) < 4.78 is 7.10. The first kappa shape index (κ1) is 14.5. The first-order valence-corrected chi connectivity index (χ1v) is 8.74. The van der Waals surface area contributed by atoms with Crippen molar-refractivity contribution in [1.29, 1.82) is 0 Å². The largest absolute Gasteiger partial charge is 0.333 e. The van der Waals surface area contributed by atoms with E-state index in [0.717, 1.165) is 10.6 Å². The molecule has 1 fully saturated rings. The molecule has 0 aromatic carbocycles. The summed E-state index contributed by atoms with van der Waals surface area (Å²) >= 11 is 1.70. The molecule has 0 aliphatic heterocycles. The molecule has 3 heterocycles. The number of thiazole rings is 1. The van der Waals surface area contributed by atoms with Gasteiger partial charge in [0.25, 0.3) is 5.89 Å². The van der Waals surface area contributed by atoms with Crippen molar-refractivity contribution in [3.8, 4) is 10.8 Å². The van der Waals surface area contributed by atoms with Gasteiger partial charge in [-0.15, -0.1) is 11.3 Å². The summed E-state index contributed by atoms with van der Waals surface area (Å²) in [7, 11) is 0. The molecule has 7 nitrogen and oxygen atoms in total. The lowest BCUT2D eigenvalue weighted by Crippen LogP contribution is -2.03. The average molecular weight is 330 g/mol. The van der Waals surface area contributed by atoms with E-state index >= 15 is 0 Å². The van der Waals surface area contributed by atoms with Crippen molar-refractivity contribution in [2.75, 3.05) is 0 Å². The lowest BCUT2D eigenvalue weighted by atomic mass is 9.90. The van der Waals surface area contributed by atoms with E-state index in [4.69, 9.17) is 9.51 Å². The van der Waals surface area contributed by atoms with E-state index in [2.05, 4.69) is 20.2 Å². The van der Waals surface area contributed by atoms with Gasteiger partial charge in [-0.1, -0.05) is 24.4 Å². The molecule has 0 radical (unpaired) electrons. The summed E-state index contributed by atoms with van der Waals surface area (Å²) in [5.41, 5.74) is 0.978. The van der Waals surface area contributed by atoms with Gasteiger partial charge in [-0.25, -0.2) is 14.6 Å². The second-order valence-electron chi connectivity index (χ2n) is 5.91. The van der Waals surface area contributed by atoms with Gasteiger partial charge in [-0.3, -0.25) is 0 Å². The first-order chi connectivity index (χ1) is 11.3. The van der Waals surface area contributed by atoms with Crippen molar-refractivity contribution >= 4 is 11.3 Å². The molecule has 3 aromatic rings. The zero-order valence-corrected chi connectivity index (χ0v) is 13.8. The quantitative estimate of drug-likeness (QED) is 0.730. The van der Waals surface area contributed by atoms with Crippen molar-refractivity contribution in [2.45, 2.75) is 51.5 Å². The van der Waals surface area contributed by atoms with Crippen LogP contribution in [0.2, 0.25) is 0 Å². The topological polar surface area (TPSA) is 82.5 Å². The summed E-state index contributed by atoms with van der Waals surface area (Å²) in [4.78, 5) is 14.1. The fourth-order valence-corrected chi connectivity index (χ4v) is 4.17. The monoisotopic (exact) mass is 330 g/mol. The Morgan fingerprint density at radius 2 is 2.13 bits per heavy atom. The van der Waals surface area contributed by atoms with Gasteiger partial charge in [-0.05, 0) is 19.8 Å². The van der Waals surface area contributed by atoms with Gasteiger partial charge in [-0.2, -0.15) is 10.1 Å². The zero-order valence-electron chi connectivity index (χ0n) is 13.0. The molecule has 0 unspecified atom stereocenters. The molecular formula is C15H18N6OS. The third-order valence-electron chi connectivity index (χ3n) is 4.20. The Bertz CT molecular complexity index is 772. The molecule has 3 aromatic heterocycles. The number of hydrogen-bond acceptors (Lipinski definition) is 7. The standard InChI is InChI=1S/C15H18N6OS/c1-10-13(23-15(18-10)11-5-3-2-4-6-11)14-19-12(20-22-14)7-21-9-16-8-17-21/h8-9,11H,2-7H2,1H3. The highest BCUT2D eigenvalue weighted by Crippen LogP contribution is 2.38. The maximum Gasteiger partial charge on any atom is 0.269 e. The van der Waals surface area contributed by atoms with E-state index < -0.39 is 0 Å². The highest BCUT2D eigenvalue weighted by atomic mass is 32.1. The molecule has 0 saturated heterocycles. The van der Waals surface area contributed by atoms with E-state index in [1.807, 2.05) is 6.92 Å². The summed E-state index contributed by atoms with van der Waals surface area (Å²) in [5, 5.41) is 9.30. The predicted molar refractivity (Wildman–Crippen MR) is 85.1 cm³/mol. The maximum absolute atomic E-state index is 5.43. The molecule has 120 valence electrons. The summed E-state index contributed by atoms with van der Waals surface area (Å²) in [6.45, 7) is 2.47. The Hall–Kier alpha value is -2.09. The molecule has 1 aliphatic carbocycles. The molecule has 4 rings (SSSR count). The summed E-state index contributed by atoms with van der Waals surface area (Å²) in [6.07, 6.45) is 9.58. The molecule has 0 N–H and O–H groups in total. The van der Waals surface area contributed by atoms with Crippen molar-refractivity contribution in [2.24, 2.45) is 0 Å². The van der Waals surface area contributed by atoms with Crippen LogP contribution in [0.3, 0.4) is 0 Å². The minimum atomic E-state index is 0.455. The number of aromatic nitrogens is 6. The van der Waals surface area contributed by atoms with Crippen LogP contribution in [0.5, 0.6) is 0 Å². The Labute approximate surface area is 137 Å². The fraction of sp³-hybridized carbons (Fsp3) is 0.533. The molecule has 23 heavy (non-hydrogen) atoms. The molecular weight excluding hydrogens is 312 g/mol. The van der Waals surface area contributed by atoms with Crippen LogP contribution < -0.4 is 0 Å². The normalized spacial score (nSPS) is 16.0. The van der Waals surface area contributed by atoms with Gasteiger partial charge in [0.1, 0.15) is 24.1 Å². The zero-order chi connectivity index (χ0) is 15.6. The van der Waals surface area contributed by atoms with E-state index in [9.17, 15) is 0 Å². The fourth-order valence-electron chi connectivity index (χ4n) is 3.01. The highest BCUT2D eigenvalue weighted by Gasteiger charge is 2.23. The van der Waals surface area contributed by atoms with Gasteiger partial charge in [0.15, 0.2) is 5.82 Å². The minimum absolute atomic E-state index is 0.455. The lowest BCUT2D eigenvalue weighted by molar-refractivity contribution is 0.419. The number of aryl methyl sites for hydroxylation is 1. The minimum Gasteiger partial charge on any atom is -0.333 e. The van der Waals surface area contributed by atoms with Gasteiger partial charge >= 0.3 is 0 Å². The average Bonchev–Trinajstić information content (AvgIpc) is 3.30. The third-order valence-corrected chi connectivity index (χ3v) is 5.51. The van der Waals surface area contributed by atoms with E-state index in [1.54, 1.807) is 22.3 Å². The Balaban J connectivity index is 1.55. The van der Waals surface area contributed by atoms with Gasteiger partial charge in [0, 0.05) is 5.92 Å². The molecule has 0 atom stereocenters. The van der Waals surface area contributed by atoms with Crippen LogP contribution in [0.25, 0.3) is 10.8 Å². The molecule has 1 aliphatic rings. The van der Waals surface area contributed by atoms with E-state index in [1.165, 1.54) is 43.4 Å². The second kappa shape index (κ2) is 6.19. The highest BCUT2D eigenvalue weighted by molar-refractivity contribution is 7.15. The van der Waals surface area contributed by atoms with E-state index in [-0.39, 0.29) is 0 Å². The van der Waals surface area contributed by atoms with Crippen LogP contribution in [0, 0.1) is 6.92 Å². The number of hydrogen-bond donors (Lipinski definition) is 0. The van der Waals surface area contributed by atoms with Crippen LogP contribution in [0.4, 0.5) is 0 Å². The molecule has 0 amide bonds. The number of rotatable bonds is 4. The molecule has 0 bridgehead atoms. The van der Waals surface area contributed by atoms with Crippen molar-refractivity contribution in [3.63, 3.8) is 0 Å². The molecule has 8 heteroatoms. The van der Waals surface area contributed by atoms with Crippen molar-refractivity contribution < 1.29 is 4.52 Å². The second-order valence-corrected chi connectivity index (χ2v) is 6.94. The summed E-state index contributed by atoms with van der Waals surface area (Å²) in [6, 6.07) is 0. The maximum atomic E-state index is 5.43. The van der Waals surface area contributed by atoms with Gasteiger partial charge in [0.2, 0.25) is 0 Å². The van der Waals surface area contributed by atoms with Gasteiger partial charge < -0.3 is 4.52 Å². The van der Waals surface area contributed by atoms with Crippen LogP contribution in [-0.4, -0.2) is 29.9 Å². The van der Waals surface area contributed by atoms with Crippen LogP contribution in [0.15, 0.2) is 17.2 Å². The first-order valence-electron chi connectivity index (χ1n) is 7.92. The van der Waals surface area contributed by atoms with Crippen molar-refractivity contribution in [1.82, 2.24) is 29.9 Å². The van der Waals surface area contributed by atoms with Crippen LogP contribution >= 0.6 is 11.3 Å². The predicted octanol–water partition coefficient (Wildman–Crippen LogP) is 3.19. The smallest absolute Gasteiger partial charge is 0.269 e. The van der Waals surface area contributed by atoms with Crippen LogP contribution in [0.1, 0.15) is 54.5 Å². The van der Waals surface area contributed by atoms with Gasteiger partial charge in [0.05, 0.1) is 10.7 Å². The molecule has 1 saturated carbocycles.